The molecule has 0 unspecified atom stereocenters. The van der Waals surface area contributed by atoms with E-state index in [0.717, 1.165) is 5.56 Å². The van der Waals surface area contributed by atoms with E-state index in [4.69, 9.17) is 5.11 Å². The second-order valence-corrected chi connectivity index (χ2v) is 5.68. The van der Waals surface area contributed by atoms with Gasteiger partial charge in [0, 0.05) is 5.56 Å². The molecule has 1 aromatic carbocycles. The number of nitrogens with zero attached hydrogens (tertiary/aromatic N) is 1. The summed E-state index contributed by atoms with van der Waals surface area (Å²) in [6, 6.07) is 5.19. The SMILES string of the molecule is Cc1ccc(C#CCO)c(NS(=O)(=O)c2cnc[nH]2)c1. The Morgan fingerprint density at radius 3 is 2.90 bits per heavy atom. The number of nitrogens with one attached hydrogen (secondary N) is 2. The summed E-state index contributed by atoms with van der Waals surface area (Å²) in [5.74, 6) is 5.20. The quantitative estimate of drug-likeness (QED) is 0.731. The van der Waals surface area contributed by atoms with Crippen molar-refractivity contribution in [1.82, 2.24) is 9.97 Å². The average molecular weight is 291 g/mol. The molecule has 0 aliphatic rings. The molecule has 20 heavy (non-hydrogen) atoms. The predicted molar refractivity (Wildman–Crippen MR) is 74.5 cm³/mol. The number of rotatable bonds is 3. The summed E-state index contributed by atoms with van der Waals surface area (Å²) in [6.45, 7) is 1.55. The molecular weight excluding hydrogens is 278 g/mol. The first kappa shape index (κ1) is 14.1. The number of aromatic nitrogens is 2. The molecule has 2 rings (SSSR count). The minimum Gasteiger partial charge on any atom is -0.384 e. The molecule has 7 heteroatoms. The Labute approximate surface area is 116 Å². The van der Waals surface area contributed by atoms with E-state index in [9.17, 15) is 8.42 Å². The summed E-state index contributed by atoms with van der Waals surface area (Å²) in [5.41, 5.74) is 1.75. The normalized spacial score (nSPS) is 10.7. The number of H-pyrrole nitrogens is 1. The van der Waals surface area contributed by atoms with Gasteiger partial charge in [-0.1, -0.05) is 17.9 Å². The Kier molecular flexibility index (Phi) is 4.08. The van der Waals surface area contributed by atoms with Crippen LogP contribution in [0.3, 0.4) is 0 Å². The first-order valence-corrected chi connectivity index (χ1v) is 7.23. The molecule has 0 atom stereocenters. The van der Waals surface area contributed by atoms with Gasteiger partial charge in [0.05, 0.1) is 18.2 Å². The van der Waals surface area contributed by atoms with Crippen LogP contribution in [0.5, 0.6) is 0 Å². The highest BCUT2D eigenvalue weighted by atomic mass is 32.2. The van der Waals surface area contributed by atoms with Crippen LogP contribution in [0, 0.1) is 18.8 Å². The van der Waals surface area contributed by atoms with Gasteiger partial charge in [0.1, 0.15) is 6.61 Å². The van der Waals surface area contributed by atoms with Crippen molar-refractivity contribution in [2.45, 2.75) is 11.9 Å². The Morgan fingerprint density at radius 1 is 1.45 bits per heavy atom. The van der Waals surface area contributed by atoms with E-state index < -0.39 is 10.0 Å². The van der Waals surface area contributed by atoms with Crippen molar-refractivity contribution in [3.63, 3.8) is 0 Å². The maximum atomic E-state index is 12.1. The molecule has 6 nitrogen and oxygen atoms in total. The number of aliphatic hydroxyl groups is 1. The van der Waals surface area contributed by atoms with E-state index in [0.29, 0.717) is 11.3 Å². The molecule has 0 fully saturated rings. The van der Waals surface area contributed by atoms with E-state index in [1.165, 1.54) is 12.5 Å². The van der Waals surface area contributed by atoms with Gasteiger partial charge in [0.2, 0.25) is 0 Å². The van der Waals surface area contributed by atoms with E-state index in [-0.39, 0.29) is 11.6 Å². The molecule has 0 saturated carbocycles. The van der Waals surface area contributed by atoms with Crippen LogP contribution in [0.15, 0.2) is 35.7 Å². The van der Waals surface area contributed by atoms with E-state index in [1.54, 1.807) is 12.1 Å². The zero-order chi connectivity index (χ0) is 14.6. The summed E-state index contributed by atoms with van der Waals surface area (Å²) in [5, 5.41) is 8.70. The number of aromatic amines is 1. The molecular formula is C13H13N3O3S. The van der Waals surface area contributed by atoms with Crippen LogP contribution in [0.4, 0.5) is 5.69 Å². The number of aliphatic hydroxyl groups excluding tert-OH is 1. The van der Waals surface area contributed by atoms with Gasteiger partial charge < -0.3 is 10.1 Å². The van der Waals surface area contributed by atoms with Gasteiger partial charge in [-0.2, -0.15) is 8.42 Å². The maximum absolute atomic E-state index is 12.1. The predicted octanol–water partition coefficient (Wildman–Crippen LogP) is 0.863. The number of anilines is 1. The Balaban J connectivity index is 2.40. The molecule has 104 valence electrons. The van der Waals surface area contributed by atoms with E-state index in [1.807, 2.05) is 13.0 Å². The zero-order valence-corrected chi connectivity index (χ0v) is 11.5. The van der Waals surface area contributed by atoms with Crippen LogP contribution < -0.4 is 4.72 Å². The summed E-state index contributed by atoms with van der Waals surface area (Å²) in [4.78, 5) is 6.22. The molecule has 0 aliphatic carbocycles. The van der Waals surface area contributed by atoms with Crippen molar-refractivity contribution in [3.8, 4) is 11.8 Å². The van der Waals surface area contributed by atoms with Gasteiger partial charge in [-0.15, -0.1) is 0 Å². The molecule has 3 N–H and O–H groups in total. The molecule has 0 spiro atoms. The number of benzene rings is 1. The summed E-state index contributed by atoms with van der Waals surface area (Å²) >= 11 is 0. The van der Waals surface area contributed by atoms with Crippen molar-refractivity contribution in [2.75, 3.05) is 11.3 Å². The van der Waals surface area contributed by atoms with Crippen molar-refractivity contribution < 1.29 is 13.5 Å². The number of imidazole rings is 1. The fourth-order valence-electron chi connectivity index (χ4n) is 1.58. The Hall–Kier alpha value is -2.30. The third kappa shape index (κ3) is 3.17. The lowest BCUT2D eigenvalue weighted by Gasteiger charge is -2.09. The van der Waals surface area contributed by atoms with Gasteiger partial charge in [-0.25, -0.2) is 4.98 Å². The van der Waals surface area contributed by atoms with Crippen LogP contribution >= 0.6 is 0 Å². The highest BCUT2D eigenvalue weighted by Crippen LogP contribution is 2.20. The standard InChI is InChI=1S/C13H13N3O3S/c1-10-4-5-11(3-2-6-17)12(7-10)16-20(18,19)13-8-14-9-15-13/h4-5,7-9,16-17H,6H2,1H3,(H,14,15). The largest absolute Gasteiger partial charge is 0.384 e. The molecule has 2 aromatic rings. The summed E-state index contributed by atoms with van der Waals surface area (Å²) < 4.78 is 26.7. The zero-order valence-electron chi connectivity index (χ0n) is 10.7. The minimum atomic E-state index is -3.73. The minimum absolute atomic E-state index is 0.0277. The Morgan fingerprint density at radius 2 is 2.25 bits per heavy atom. The number of aryl methyl sites for hydroxylation is 1. The molecule has 1 heterocycles. The first-order valence-electron chi connectivity index (χ1n) is 5.74. The van der Waals surface area contributed by atoms with Crippen LogP contribution in [0.1, 0.15) is 11.1 Å². The van der Waals surface area contributed by atoms with Gasteiger partial charge in [-0.3, -0.25) is 4.72 Å². The molecule has 0 aliphatic heterocycles. The van der Waals surface area contributed by atoms with Gasteiger partial charge in [-0.05, 0) is 24.6 Å². The van der Waals surface area contributed by atoms with Crippen molar-refractivity contribution >= 4 is 15.7 Å². The highest BCUT2D eigenvalue weighted by molar-refractivity contribution is 7.92. The molecule has 0 radical (unpaired) electrons. The molecule has 0 bridgehead atoms. The lowest BCUT2D eigenvalue weighted by molar-refractivity contribution is 0.350. The number of sulfonamides is 1. The smallest absolute Gasteiger partial charge is 0.279 e. The number of hydrogen-bond donors (Lipinski definition) is 3. The molecule has 0 saturated heterocycles. The monoisotopic (exact) mass is 291 g/mol. The molecule has 1 aromatic heterocycles. The first-order chi connectivity index (χ1) is 9.53. The van der Waals surface area contributed by atoms with Gasteiger partial charge in [0.15, 0.2) is 5.03 Å². The van der Waals surface area contributed by atoms with E-state index >= 15 is 0 Å². The van der Waals surface area contributed by atoms with Crippen molar-refractivity contribution in [3.05, 3.63) is 41.9 Å². The number of hydrogen-bond acceptors (Lipinski definition) is 4. The highest BCUT2D eigenvalue weighted by Gasteiger charge is 2.17. The third-order valence-corrected chi connectivity index (χ3v) is 3.78. The lowest BCUT2D eigenvalue weighted by Crippen LogP contribution is -2.14. The second kappa shape index (κ2) is 5.77. The van der Waals surface area contributed by atoms with Crippen molar-refractivity contribution in [1.29, 1.82) is 0 Å². The Bertz CT molecular complexity index is 756. The topological polar surface area (TPSA) is 95.1 Å². The second-order valence-electron chi connectivity index (χ2n) is 4.03. The van der Waals surface area contributed by atoms with Crippen LogP contribution in [-0.2, 0) is 10.0 Å². The van der Waals surface area contributed by atoms with Crippen LogP contribution in [0.2, 0.25) is 0 Å². The summed E-state index contributed by atoms with van der Waals surface area (Å²) in [6.07, 6.45) is 2.51. The average Bonchev–Trinajstić information content (AvgIpc) is 2.92. The van der Waals surface area contributed by atoms with Crippen LogP contribution in [-0.4, -0.2) is 30.1 Å². The third-order valence-electron chi connectivity index (χ3n) is 2.48. The van der Waals surface area contributed by atoms with Gasteiger partial charge >= 0.3 is 0 Å². The lowest BCUT2D eigenvalue weighted by atomic mass is 10.1. The fourth-order valence-corrected chi connectivity index (χ4v) is 2.55. The summed E-state index contributed by atoms with van der Waals surface area (Å²) in [7, 11) is -3.73. The van der Waals surface area contributed by atoms with Gasteiger partial charge in [0.25, 0.3) is 10.0 Å². The fraction of sp³-hybridized carbons (Fsp3) is 0.154. The molecule has 0 amide bonds. The van der Waals surface area contributed by atoms with Crippen molar-refractivity contribution in [2.24, 2.45) is 0 Å². The maximum Gasteiger partial charge on any atom is 0.279 e. The van der Waals surface area contributed by atoms with Crippen LogP contribution in [0.25, 0.3) is 0 Å². The van der Waals surface area contributed by atoms with E-state index in [2.05, 4.69) is 26.5 Å².